The fourth-order valence-corrected chi connectivity index (χ4v) is 3.60. The second-order valence-corrected chi connectivity index (χ2v) is 6.50. The van der Waals surface area contributed by atoms with Gasteiger partial charge in [0.05, 0.1) is 0 Å². The second kappa shape index (κ2) is 11.2. The van der Waals surface area contributed by atoms with E-state index >= 15 is 0 Å². The molecule has 0 heterocycles. The SMILES string of the molecule is CCCCC(C)C(C#[C][SnH])(CCCC)CCCC. The zero-order valence-electron chi connectivity index (χ0n) is 13.0. The summed E-state index contributed by atoms with van der Waals surface area (Å²) in [4.78, 5) is 0. The maximum absolute atomic E-state index is 3.68. The van der Waals surface area contributed by atoms with E-state index in [9.17, 15) is 0 Å². The summed E-state index contributed by atoms with van der Waals surface area (Å²) in [6.07, 6.45) is 12.0. The number of hydrogen-bond acceptors (Lipinski definition) is 0. The van der Waals surface area contributed by atoms with Gasteiger partial charge in [0, 0.05) is 0 Å². The van der Waals surface area contributed by atoms with Crippen LogP contribution in [0.1, 0.15) is 85.5 Å². The average Bonchev–Trinajstić information content (AvgIpc) is 2.39. The molecular weight excluding hydrogens is 323 g/mol. The van der Waals surface area contributed by atoms with Crippen molar-refractivity contribution in [3.8, 4) is 9.86 Å². The molecule has 0 amide bonds. The first kappa shape index (κ1) is 18.4. The van der Waals surface area contributed by atoms with E-state index in [1.54, 1.807) is 0 Å². The maximum atomic E-state index is 3.68. The fourth-order valence-electron chi connectivity index (χ4n) is 2.78. The minimum atomic E-state index is 0.334. The molecule has 0 aromatic rings. The molecule has 0 saturated heterocycles. The van der Waals surface area contributed by atoms with Gasteiger partial charge in [-0.15, -0.1) is 0 Å². The summed E-state index contributed by atoms with van der Waals surface area (Å²) in [7, 11) is 0. The van der Waals surface area contributed by atoms with Gasteiger partial charge in [0.25, 0.3) is 0 Å². The van der Waals surface area contributed by atoms with E-state index in [4.69, 9.17) is 0 Å². The zero-order chi connectivity index (χ0) is 13.9. The molecule has 1 atom stereocenters. The van der Waals surface area contributed by atoms with Gasteiger partial charge in [-0.2, -0.15) is 0 Å². The number of rotatable bonds is 10. The van der Waals surface area contributed by atoms with E-state index in [1.165, 1.54) is 57.8 Å². The summed E-state index contributed by atoms with van der Waals surface area (Å²) in [5.74, 6) is 4.46. The van der Waals surface area contributed by atoms with Crippen LogP contribution in [0.25, 0.3) is 0 Å². The molecule has 0 aliphatic carbocycles. The van der Waals surface area contributed by atoms with E-state index in [0.717, 1.165) is 28.4 Å². The van der Waals surface area contributed by atoms with Crippen LogP contribution >= 0.6 is 0 Å². The minimum absolute atomic E-state index is 0.334. The fraction of sp³-hybridized carbons (Fsp3) is 0.882. The summed E-state index contributed by atoms with van der Waals surface area (Å²) < 4.78 is 3.36. The Kier molecular flexibility index (Phi) is 11.4. The van der Waals surface area contributed by atoms with Crippen molar-refractivity contribution < 1.29 is 0 Å². The third kappa shape index (κ3) is 6.50. The third-order valence-electron chi connectivity index (χ3n) is 4.21. The van der Waals surface area contributed by atoms with Crippen molar-refractivity contribution in [1.29, 1.82) is 0 Å². The third-order valence-corrected chi connectivity index (χ3v) is 4.62. The predicted molar refractivity (Wildman–Crippen MR) is 85.1 cm³/mol. The Labute approximate surface area is 129 Å². The van der Waals surface area contributed by atoms with Gasteiger partial charge in [0.2, 0.25) is 0 Å². The first-order valence-electron chi connectivity index (χ1n) is 7.89. The van der Waals surface area contributed by atoms with E-state index in [-0.39, 0.29) is 0 Å². The van der Waals surface area contributed by atoms with Gasteiger partial charge in [0.1, 0.15) is 0 Å². The normalized spacial score (nSPS) is 12.9. The summed E-state index contributed by atoms with van der Waals surface area (Å²) in [6.45, 7) is 9.35. The van der Waals surface area contributed by atoms with Crippen LogP contribution in [-0.4, -0.2) is 22.5 Å². The molecule has 1 unspecified atom stereocenters. The quantitative estimate of drug-likeness (QED) is 0.380. The van der Waals surface area contributed by atoms with Gasteiger partial charge in [-0.05, 0) is 0 Å². The summed E-state index contributed by atoms with van der Waals surface area (Å²) in [5.41, 5.74) is 0.334. The summed E-state index contributed by atoms with van der Waals surface area (Å²) in [6, 6.07) is 0. The van der Waals surface area contributed by atoms with Crippen molar-refractivity contribution in [2.24, 2.45) is 11.3 Å². The monoisotopic (exact) mass is 356 g/mol. The molecule has 18 heavy (non-hydrogen) atoms. The van der Waals surface area contributed by atoms with Gasteiger partial charge in [0.15, 0.2) is 0 Å². The van der Waals surface area contributed by atoms with Gasteiger partial charge in [-0.3, -0.25) is 0 Å². The van der Waals surface area contributed by atoms with E-state index in [1.807, 2.05) is 0 Å². The van der Waals surface area contributed by atoms with Crippen molar-refractivity contribution >= 4 is 22.5 Å². The molecule has 2 radical (unpaired) electrons. The Morgan fingerprint density at radius 3 is 1.83 bits per heavy atom. The molecule has 0 N–H and O–H groups in total. The Morgan fingerprint density at radius 2 is 1.44 bits per heavy atom. The van der Waals surface area contributed by atoms with Gasteiger partial charge >= 0.3 is 129 Å². The van der Waals surface area contributed by atoms with Crippen molar-refractivity contribution in [3.05, 3.63) is 0 Å². The summed E-state index contributed by atoms with van der Waals surface area (Å²) >= 11 is 1.09. The standard InChI is InChI=1S/C17H31.Sn.H/c1-6-10-13-16(5)17(9-4,14-11-7-2)15-12-8-3;;/h16H,6-8,10-15H2,1-3,5H3;;. The molecule has 0 fully saturated rings. The Bertz CT molecular complexity index is 238. The summed E-state index contributed by atoms with van der Waals surface area (Å²) in [5, 5.41) is 0. The van der Waals surface area contributed by atoms with Crippen molar-refractivity contribution in [1.82, 2.24) is 0 Å². The van der Waals surface area contributed by atoms with Crippen molar-refractivity contribution in [2.75, 3.05) is 0 Å². The van der Waals surface area contributed by atoms with E-state index in [0.29, 0.717) is 5.41 Å². The van der Waals surface area contributed by atoms with Crippen LogP contribution in [0.3, 0.4) is 0 Å². The molecule has 0 spiro atoms. The van der Waals surface area contributed by atoms with Crippen LogP contribution in [0, 0.1) is 21.2 Å². The Balaban J connectivity index is 4.82. The van der Waals surface area contributed by atoms with Crippen LogP contribution in [0.15, 0.2) is 0 Å². The van der Waals surface area contributed by atoms with Crippen LogP contribution in [0.5, 0.6) is 0 Å². The van der Waals surface area contributed by atoms with Crippen LogP contribution in [-0.2, 0) is 0 Å². The first-order valence-corrected chi connectivity index (χ1v) is 9.54. The van der Waals surface area contributed by atoms with E-state index in [2.05, 4.69) is 37.6 Å². The molecule has 0 rings (SSSR count). The van der Waals surface area contributed by atoms with Gasteiger partial charge in [-0.25, -0.2) is 0 Å². The molecule has 0 aromatic carbocycles. The molecule has 0 saturated carbocycles. The van der Waals surface area contributed by atoms with Gasteiger partial charge < -0.3 is 0 Å². The Hall–Kier alpha value is 0.359. The molecule has 0 bridgehead atoms. The second-order valence-electron chi connectivity index (χ2n) is 5.68. The zero-order valence-corrected chi connectivity index (χ0v) is 16.3. The number of unbranched alkanes of at least 4 members (excludes halogenated alkanes) is 3. The molecule has 0 aromatic heterocycles. The molecular formula is C17H32Sn. The van der Waals surface area contributed by atoms with Crippen molar-refractivity contribution in [3.63, 3.8) is 0 Å². The molecule has 1 heteroatoms. The van der Waals surface area contributed by atoms with Gasteiger partial charge in [-0.1, -0.05) is 0 Å². The first-order chi connectivity index (χ1) is 8.66. The molecule has 0 aliphatic heterocycles. The van der Waals surface area contributed by atoms with E-state index < -0.39 is 0 Å². The average molecular weight is 355 g/mol. The molecule has 104 valence electrons. The Morgan fingerprint density at radius 1 is 0.944 bits per heavy atom. The van der Waals surface area contributed by atoms with Crippen molar-refractivity contribution in [2.45, 2.75) is 85.5 Å². The number of hydrogen-bond donors (Lipinski definition) is 0. The predicted octanol–water partition coefficient (Wildman–Crippen LogP) is 5.04. The molecule has 0 nitrogen and oxygen atoms in total. The van der Waals surface area contributed by atoms with Crippen LogP contribution in [0.4, 0.5) is 0 Å². The van der Waals surface area contributed by atoms with Crippen LogP contribution in [0.2, 0.25) is 0 Å². The molecule has 0 aliphatic rings. The topological polar surface area (TPSA) is 0 Å². The van der Waals surface area contributed by atoms with Crippen LogP contribution < -0.4 is 0 Å².